The largest absolute Gasteiger partial charge is 0.416 e. The summed E-state index contributed by atoms with van der Waals surface area (Å²) in [5, 5.41) is 8.11. The van der Waals surface area contributed by atoms with Gasteiger partial charge in [-0.2, -0.15) is 0 Å². The van der Waals surface area contributed by atoms with Gasteiger partial charge in [-0.1, -0.05) is 18.2 Å². The van der Waals surface area contributed by atoms with E-state index in [1.807, 2.05) is 38.1 Å². The molecule has 2 aromatic heterocycles. The third-order valence-corrected chi connectivity index (χ3v) is 2.83. The van der Waals surface area contributed by atoms with Crippen LogP contribution in [0.5, 0.6) is 0 Å². The maximum Gasteiger partial charge on any atom is 0.251 e. The molecule has 0 radical (unpaired) electrons. The summed E-state index contributed by atoms with van der Waals surface area (Å²) in [6.07, 6.45) is 3.36. The lowest BCUT2D eigenvalue weighted by Gasteiger charge is -1.98. The number of hydrogen-bond acceptors (Lipinski definition) is 5. The zero-order valence-corrected chi connectivity index (χ0v) is 10.7. The lowest BCUT2D eigenvalue weighted by atomic mass is 10.1. The maximum absolute atomic E-state index is 5.67. The van der Waals surface area contributed by atoms with Crippen LogP contribution in [-0.2, 0) is 0 Å². The molecular formula is C14H12N4O. The first-order chi connectivity index (χ1) is 9.24. The van der Waals surface area contributed by atoms with Gasteiger partial charge in [-0.15, -0.1) is 10.2 Å². The van der Waals surface area contributed by atoms with Gasteiger partial charge in [0.05, 0.1) is 5.56 Å². The second-order valence-corrected chi connectivity index (χ2v) is 4.25. The summed E-state index contributed by atoms with van der Waals surface area (Å²) in [5.74, 6) is 1.65. The van der Waals surface area contributed by atoms with Crippen LogP contribution in [-0.4, -0.2) is 20.2 Å². The van der Waals surface area contributed by atoms with E-state index in [9.17, 15) is 0 Å². The highest BCUT2D eigenvalue weighted by Gasteiger charge is 2.12. The molecule has 19 heavy (non-hydrogen) atoms. The zero-order valence-electron chi connectivity index (χ0n) is 10.7. The monoisotopic (exact) mass is 252 g/mol. The Morgan fingerprint density at radius 1 is 0.895 bits per heavy atom. The summed E-state index contributed by atoms with van der Waals surface area (Å²) in [4.78, 5) is 8.23. The number of hydrogen-bond donors (Lipinski definition) is 0. The van der Waals surface area contributed by atoms with E-state index in [1.165, 1.54) is 0 Å². The molecular weight excluding hydrogens is 240 g/mol. The quantitative estimate of drug-likeness (QED) is 0.701. The zero-order chi connectivity index (χ0) is 13.2. The lowest BCUT2D eigenvalue weighted by Crippen LogP contribution is -1.87. The van der Waals surface area contributed by atoms with Gasteiger partial charge in [0.2, 0.25) is 5.89 Å². The van der Waals surface area contributed by atoms with Gasteiger partial charge in [0.25, 0.3) is 5.89 Å². The Bertz CT molecular complexity index is 703. The predicted octanol–water partition coefficient (Wildman–Crippen LogP) is 2.81. The van der Waals surface area contributed by atoms with E-state index in [0.29, 0.717) is 17.6 Å². The fourth-order valence-corrected chi connectivity index (χ4v) is 1.76. The molecule has 0 fully saturated rings. The predicted molar refractivity (Wildman–Crippen MR) is 70.2 cm³/mol. The Hall–Kier alpha value is -2.56. The minimum Gasteiger partial charge on any atom is -0.416 e. The van der Waals surface area contributed by atoms with Crippen molar-refractivity contribution in [3.63, 3.8) is 0 Å². The molecule has 0 saturated carbocycles. The third kappa shape index (κ3) is 2.22. The molecule has 1 aromatic carbocycles. The highest BCUT2D eigenvalue weighted by molar-refractivity contribution is 5.60. The Morgan fingerprint density at radius 2 is 1.58 bits per heavy atom. The normalized spacial score (nSPS) is 10.6. The summed E-state index contributed by atoms with van der Waals surface area (Å²) in [5.41, 5.74) is 2.75. The molecule has 0 bridgehead atoms. The van der Waals surface area contributed by atoms with Crippen molar-refractivity contribution in [1.82, 2.24) is 20.2 Å². The molecule has 3 aromatic rings. The van der Waals surface area contributed by atoms with Gasteiger partial charge < -0.3 is 4.42 Å². The molecule has 5 nitrogen and oxygen atoms in total. The van der Waals surface area contributed by atoms with Crippen LogP contribution in [0.15, 0.2) is 41.1 Å². The Balaban J connectivity index is 2.00. The van der Waals surface area contributed by atoms with E-state index in [2.05, 4.69) is 20.2 Å². The highest BCUT2D eigenvalue weighted by atomic mass is 16.4. The Labute approximate surface area is 110 Å². The van der Waals surface area contributed by atoms with E-state index < -0.39 is 0 Å². The SMILES string of the molecule is Cc1ncc(-c2nnc(-c3ccccc3C)o2)cn1. The average molecular weight is 252 g/mol. The van der Waals surface area contributed by atoms with Crippen LogP contribution in [0.25, 0.3) is 22.9 Å². The fraction of sp³-hybridized carbons (Fsp3) is 0.143. The molecule has 3 rings (SSSR count). The molecule has 0 unspecified atom stereocenters. The number of benzene rings is 1. The molecule has 2 heterocycles. The van der Waals surface area contributed by atoms with Crippen molar-refractivity contribution >= 4 is 0 Å². The second-order valence-electron chi connectivity index (χ2n) is 4.25. The van der Waals surface area contributed by atoms with Crippen LogP contribution in [0.2, 0.25) is 0 Å². The number of aromatic nitrogens is 4. The number of aryl methyl sites for hydroxylation is 2. The molecule has 0 aliphatic rings. The van der Waals surface area contributed by atoms with Crippen molar-refractivity contribution < 1.29 is 4.42 Å². The van der Waals surface area contributed by atoms with Crippen LogP contribution >= 0.6 is 0 Å². The van der Waals surface area contributed by atoms with Gasteiger partial charge in [0.1, 0.15) is 5.82 Å². The highest BCUT2D eigenvalue weighted by Crippen LogP contribution is 2.25. The summed E-state index contributed by atoms with van der Waals surface area (Å²) >= 11 is 0. The first kappa shape index (κ1) is 11.5. The molecule has 0 atom stereocenters. The molecule has 0 aliphatic heterocycles. The second kappa shape index (κ2) is 4.61. The van der Waals surface area contributed by atoms with Crippen LogP contribution in [0.3, 0.4) is 0 Å². The first-order valence-corrected chi connectivity index (χ1v) is 5.92. The van der Waals surface area contributed by atoms with E-state index in [0.717, 1.165) is 16.7 Å². The van der Waals surface area contributed by atoms with Gasteiger partial charge in [-0.25, -0.2) is 9.97 Å². The molecule has 0 saturated heterocycles. The van der Waals surface area contributed by atoms with Gasteiger partial charge in [0.15, 0.2) is 0 Å². The Morgan fingerprint density at radius 3 is 2.32 bits per heavy atom. The maximum atomic E-state index is 5.67. The van der Waals surface area contributed by atoms with Crippen LogP contribution < -0.4 is 0 Å². The topological polar surface area (TPSA) is 64.7 Å². The summed E-state index contributed by atoms with van der Waals surface area (Å²) in [6.45, 7) is 3.84. The van der Waals surface area contributed by atoms with Crippen molar-refractivity contribution in [2.45, 2.75) is 13.8 Å². The van der Waals surface area contributed by atoms with Crippen molar-refractivity contribution in [3.8, 4) is 22.9 Å². The van der Waals surface area contributed by atoms with E-state index >= 15 is 0 Å². The van der Waals surface area contributed by atoms with Gasteiger partial charge in [-0.05, 0) is 25.5 Å². The molecule has 0 aliphatic carbocycles. The summed E-state index contributed by atoms with van der Waals surface area (Å²) < 4.78 is 5.67. The third-order valence-electron chi connectivity index (χ3n) is 2.83. The molecule has 0 N–H and O–H groups in total. The van der Waals surface area contributed by atoms with E-state index in [1.54, 1.807) is 12.4 Å². The van der Waals surface area contributed by atoms with Gasteiger partial charge in [0, 0.05) is 18.0 Å². The van der Waals surface area contributed by atoms with Gasteiger partial charge >= 0.3 is 0 Å². The summed E-state index contributed by atoms with van der Waals surface area (Å²) in [6, 6.07) is 7.89. The van der Waals surface area contributed by atoms with E-state index in [-0.39, 0.29) is 0 Å². The van der Waals surface area contributed by atoms with Crippen molar-refractivity contribution in [2.24, 2.45) is 0 Å². The standard InChI is InChI=1S/C14H12N4O/c1-9-5-3-4-6-12(9)14-18-17-13(19-14)11-7-15-10(2)16-8-11/h3-8H,1-2H3. The minimum absolute atomic E-state index is 0.429. The smallest absolute Gasteiger partial charge is 0.251 e. The summed E-state index contributed by atoms with van der Waals surface area (Å²) in [7, 11) is 0. The number of nitrogens with zero attached hydrogens (tertiary/aromatic N) is 4. The Kier molecular flexibility index (Phi) is 2.79. The van der Waals surface area contributed by atoms with Crippen LogP contribution in [0.4, 0.5) is 0 Å². The van der Waals surface area contributed by atoms with Crippen molar-refractivity contribution in [2.75, 3.05) is 0 Å². The average Bonchev–Trinajstić information content (AvgIpc) is 2.89. The van der Waals surface area contributed by atoms with Crippen molar-refractivity contribution in [1.29, 1.82) is 0 Å². The van der Waals surface area contributed by atoms with Gasteiger partial charge in [-0.3, -0.25) is 0 Å². The molecule has 0 spiro atoms. The van der Waals surface area contributed by atoms with Crippen LogP contribution in [0.1, 0.15) is 11.4 Å². The first-order valence-electron chi connectivity index (χ1n) is 5.92. The molecule has 5 heteroatoms. The fourth-order valence-electron chi connectivity index (χ4n) is 1.76. The number of rotatable bonds is 2. The van der Waals surface area contributed by atoms with E-state index in [4.69, 9.17) is 4.42 Å². The molecule has 94 valence electrons. The van der Waals surface area contributed by atoms with Crippen LogP contribution in [0, 0.1) is 13.8 Å². The lowest BCUT2D eigenvalue weighted by molar-refractivity contribution is 0.583. The minimum atomic E-state index is 0.429. The van der Waals surface area contributed by atoms with Crippen molar-refractivity contribution in [3.05, 3.63) is 48.0 Å². The molecule has 0 amide bonds.